The van der Waals surface area contributed by atoms with Crippen molar-refractivity contribution in [3.8, 4) is 0 Å². The Labute approximate surface area is 128 Å². The molecule has 3 atom stereocenters. The van der Waals surface area contributed by atoms with Crippen LogP contribution in [0.4, 0.5) is 0 Å². The van der Waals surface area contributed by atoms with Crippen molar-refractivity contribution in [2.75, 3.05) is 6.61 Å². The molecule has 1 saturated heterocycles. The first kappa shape index (κ1) is 18.2. The smallest absolute Gasteiger partial charge is 0.309 e. The summed E-state index contributed by atoms with van der Waals surface area (Å²) in [5.41, 5.74) is 0. The molecular weight excluding hydrogens is 268 g/mol. The monoisotopic (exact) mass is 298 g/mol. The van der Waals surface area contributed by atoms with Gasteiger partial charge in [0.15, 0.2) is 0 Å². The van der Waals surface area contributed by atoms with Crippen LogP contribution in [-0.2, 0) is 9.53 Å². The van der Waals surface area contributed by atoms with Gasteiger partial charge in [0, 0.05) is 0 Å². The van der Waals surface area contributed by atoms with Gasteiger partial charge in [0.25, 0.3) is 0 Å². The molecule has 0 amide bonds. The van der Waals surface area contributed by atoms with E-state index in [1.807, 2.05) is 6.08 Å². The van der Waals surface area contributed by atoms with E-state index in [-0.39, 0.29) is 24.6 Å². The maximum Gasteiger partial charge on any atom is 0.309 e. The quantitative estimate of drug-likeness (QED) is 0.330. The third-order valence-electron chi connectivity index (χ3n) is 4.12. The molecule has 1 aliphatic heterocycles. The Bertz CT molecular complexity index is 303. The fourth-order valence-electron chi connectivity index (χ4n) is 2.86. The minimum Gasteiger partial charge on any atom is -0.462 e. The molecule has 1 fully saturated rings. The summed E-state index contributed by atoms with van der Waals surface area (Å²) in [6, 6.07) is 0. The second-order valence-electron chi connectivity index (χ2n) is 6.05. The van der Waals surface area contributed by atoms with Crippen LogP contribution in [-0.4, -0.2) is 35.0 Å². The molecular formula is C17H30O4. The lowest BCUT2D eigenvalue weighted by Gasteiger charge is -2.10. The highest BCUT2D eigenvalue weighted by Gasteiger charge is 2.34. The first-order valence-corrected chi connectivity index (χ1v) is 8.27. The lowest BCUT2D eigenvalue weighted by atomic mass is 9.96. The normalized spacial score (nSPS) is 23.0. The second-order valence-corrected chi connectivity index (χ2v) is 6.05. The van der Waals surface area contributed by atoms with Crippen molar-refractivity contribution in [3.63, 3.8) is 0 Å². The summed E-state index contributed by atoms with van der Waals surface area (Å²) >= 11 is 0. The second kappa shape index (κ2) is 10.8. The van der Waals surface area contributed by atoms with Crippen molar-refractivity contribution in [1.29, 1.82) is 0 Å². The van der Waals surface area contributed by atoms with Crippen LogP contribution in [0.15, 0.2) is 12.7 Å². The first-order valence-electron chi connectivity index (χ1n) is 8.27. The van der Waals surface area contributed by atoms with Gasteiger partial charge < -0.3 is 14.9 Å². The maximum absolute atomic E-state index is 11.6. The maximum atomic E-state index is 11.6. The van der Waals surface area contributed by atoms with Gasteiger partial charge >= 0.3 is 5.97 Å². The van der Waals surface area contributed by atoms with Gasteiger partial charge in [-0.05, 0) is 38.5 Å². The summed E-state index contributed by atoms with van der Waals surface area (Å²) in [6.07, 6.45) is 11.5. The fraction of sp³-hybridized carbons (Fsp3) is 0.824. The molecule has 0 aliphatic carbocycles. The summed E-state index contributed by atoms with van der Waals surface area (Å²) in [6.45, 7) is 3.43. The molecule has 0 spiro atoms. The largest absolute Gasteiger partial charge is 0.462 e. The summed E-state index contributed by atoms with van der Waals surface area (Å²) in [5, 5.41) is 18.2. The van der Waals surface area contributed by atoms with Gasteiger partial charge in [-0.1, -0.05) is 31.8 Å². The highest BCUT2D eigenvalue weighted by atomic mass is 16.5. The minimum absolute atomic E-state index is 0.00848. The number of carbonyl (C=O) groups is 1. The van der Waals surface area contributed by atoms with Crippen molar-refractivity contribution in [1.82, 2.24) is 0 Å². The number of unbranched alkanes of at least 4 members (excludes halogenated alkanes) is 6. The van der Waals surface area contributed by atoms with Crippen LogP contribution in [0.25, 0.3) is 0 Å². The molecule has 122 valence electrons. The number of hydrogen-bond acceptors (Lipinski definition) is 4. The van der Waals surface area contributed by atoms with E-state index in [0.29, 0.717) is 12.8 Å². The standard InChI is InChI=1S/C17H30O4/c1-2-3-4-5-6-7-8-9-10-16-12-14(17(20)21-16)11-15(19)13-18/h2,14-16,18-19H,1,3-13H2/t14-,15+,16+/m0/s1. The number of esters is 1. The number of hydrogen-bond donors (Lipinski definition) is 2. The van der Waals surface area contributed by atoms with Crippen molar-refractivity contribution in [3.05, 3.63) is 12.7 Å². The summed E-state index contributed by atoms with van der Waals surface area (Å²) in [7, 11) is 0. The molecule has 0 bridgehead atoms. The van der Waals surface area contributed by atoms with Gasteiger partial charge in [0.05, 0.1) is 18.6 Å². The first-order chi connectivity index (χ1) is 10.2. The Kier molecular flexibility index (Phi) is 9.35. The zero-order valence-corrected chi connectivity index (χ0v) is 13.0. The summed E-state index contributed by atoms with van der Waals surface area (Å²) in [4.78, 5) is 11.6. The topological polar surface area (TPSA) is 66.8 Å². The van der Waals surface area contributed by atoms with Crippen LogP contribution in [0.5, 0.6) is 0 Å². The molecule has 0 saturated carbocycles. The Morgan fingerprint density at radius 3 is 2.57 bits per heavy atom. The molecule has 4 heteroatoms. The van der Waals surface area contributed by atoms with E-state index >= 15 is 0 Å². The van der Waals surface area contributed by atoms with Crippen molar-refractivity contribution >= 4 is 5.97 Å². The number of allylic oxidation sites excluding steroid dienone is 1. The predicted octanol–water partition coefficient (Wildman–Crippen LogP) is 2.97. The number of rotatable bonds is 12. The van der Waals surface area contributed by atoms with E-state index in [1.165, 1.54) is 32.1 Å². The average molecular weight is 298 g/mol. The molecule has 1 aliphatic rings. The van der Waals surface area contributed by atoms with Gasteiger partial charge in [-0.3, -0.25) is 4.79 Å². The predicted molar refractivity (Wildman–Crippen MR) is 82.8 cm³/mol. The van der Waals surface area contributed by atoms with E-state index in [0.717, 1.165) is 19.3 Å². The highest BCUT2D eigenvalue weighted by Crippen LogP contribution is 2.28. The zero-order valence-electron chi connectivity index (χ0n) is 13.0. The molecule has 0 unspecified atom stereocenters. The molecule has 0 aromatic rings. The average Bonchev–Trinajstić information content (AvgIpc) is 2.82. The zero-order chi connectivity index (χ0) is 15.5. The van der Waals surface area contributed by atoms with Crippen LogP contribution in [0.2, 0.25) is 0 Å². The van der Waals surface area contributed by atoms with E-state index in [4.69, 9.17) is 9.84 Å². The van der Waals surface area contributed by atoms with Crippen molar-refractivity contribution < 1.29 is 19.7 Å². The fourth-order valence-corrected chi connectivity index (χ4v) is 2.86. The van der Waals surface area contributed by atoms with Crippen LogP contribution < -0.4 is 0 Å². The summed E-state index contributed by atoms with van der Waals surface area (Å²) in [5.74, 6) is -0.451. The van der Waals surface area contributed by atoms with Gasteiger partial charge in [-0.2, -0.15) is 0 Å². The molecule has 1 heterocycles. The molecule has 1 rings (SSSR count). The molecule has 0 aromatic heterocycles. The number of cyclic esters (lactones) is 1. The molecule has 0 aromatic carbocycles. The molecule has 21 heavy (non-hydrogen) atoms. The Balaban J connectivity index is 2.03. The number of ether oxygens (including phenoxy) is 1. The molecule has 4 nitrogen and oxygen atoms in total. The lowest BCUT2D eigenvalue weighted by Crippen LogP contribution is -2.20. The highest BCUT2D eigenvalue weighted by molar-refractivity contribution is 5.74. The third-order valence-corrected chi connectivity index (χ3v) is 4.12. The third kappa shape index (κ3) is 7.63. The number of carbonyl (C=O) groups excluding carboxylic acids is 1. The van der Waals surface area contributed by atoms with E-state index in [2.05, 4.69) is 6.58 Å². The Morgan fingerprint density at radius 2 is 1.90 bits per heavy atom. The van der Waals surface area contributed by atoms with E-state index < -0.39 is 6.10 Å². The Morgan fingerprint density at radius 1 is 1.24 bits per heavy atom. The van der Waals surface area contributed by atoms with Crippen molar-refractivity contribution in [2.24, 2.45) is 5.92 Å². The van der Waals surface area contributed by atoms with Gasteiger partial charge in [0.1, 0.15) is 6.10 Å². The summed E-state index contributed by atoms with van der Waals surface area (Å²) < 4.78 is 5.34. The minimum atomic E-state index is -0.808. The van der Waals surface area contributed by atoms with E-state index in [9.17, 15) is 9.90 Å². The van der Waals surface area contributed by atoms with Crippen LogP contribution >= 0.6 is 0 Å². The van der Waals surface area contributed by atoms with E-state index in [1.54, 1.807) is 0 Å². The van der Waals surface area contributed by atoms with Crippen LogP contribution in [0.1, 0.15) is 64.2 Å². The number of aliphatic hydroxyl groups excluding tert-OH is 2. The molecule has 2 N–H and O–H groups in total. The van der Waals surface area contributed by atoms with Crippen LogP contribution in [0.3, 0.4) is 0 Å². The SMILES string of the molecule is C=CCCCCCCCC[C@@H]1C[C@H](C[C@@H](O)CO)C(=O)O1. The van der Waals surface area contributed by atoms with Gasteiger partial charge in [-0.25, -0.2) is 0 Å². The lowest BCUT2D eigenvalue weighted by molar-refractivity contribution is -0.145. The van der Waals surface area contributed by atoms with Gasteiger partial charge in [-0.15, -0.1) is 6.58 Å². The molecule has 0 radical (unpaired) electrons. The van der Waals surface area contributed by atoms with Crippen LogP contribution in [0, 0.1) is 5.92 Å². The van der Waals surface area contributed by atoms with Crippen molar-refractivity contribution in [2.45, 2.75) is 76.4 Å². The Hall–Kier alpha value is -0.870. The van der Waals surface area contributed by atoms with Gasteiger partial charge in [0.2, 0.25) is 0 Å². The number of aliphatic hydroxyl groups is 2.